The van der Waals surface area contributed by atoms with Crippen LogP contribution in [0, 0.1) is 16.7 Å². The Balaban J connectivity index is 2.57. The van der Waals surface area contributed by atoms with Crippen molar-refractivity contribution in [3.8, 4) is 0 Å². The molecule has 0 radical (unpaired) electrons. The molecule has 0 heterocycles. The average Bonchev–Trinajstić information content (AvgIpc) is 2.04. The molecule has 12 heavy (non-hydrogen) atoms. The lowest BCUT2D eigenvalue weighted by Gasteiger charge is -2.32. The van der Waals surface area contributed by atoms with Crippen molar-refractivity contribution in [1.29, 1.82) is 0 Å². The van der Waals surface area contributed by atoms with E-state index in [1.165, 1.54) is 0 Å². The van der Waals surface area contributed by atoms with Crippen LogP contribution in [0.15, 0.2) is 5.18 Å². The van der Waals surface area contributed by atoms with Gasteiger partial charge in [0.25, 0.3) is 0 Å². The van der Waals surface area contributed by atoms with Gasteiger partial charge in [0.15, 0.2) is 0 Å². The van der Waals surface area contributed by atoms with Gasteiger partial charge >= 0.3 is 0 Å². The van der Waals surface area contributed by atoms with E-state index in [-0.39, 0.29) is 18.1 Å². The van der Waals surface area contributed by atoms with E-state index in [0.717, 1.165) is 19.3 Å². The van der Waals surface area contributed by atoms with Crippen LogP contribution in [0.3, 0.4) is 0 Å². The van der Waals surface area contributed by atoms with Crippen LogP contribution in [0.5, 0.6) is 0 Å². The maximum atomic E-state index is 10.4. The van der Waals surface area contributed by atoms with Crippen molar-refractivity contribution in [2.45, 2.75) is 45.3 Å². The molecule has 1 aliphatic carbocycles. The van der Waals surface area contributed by atoms with E-state index in [4.69, 9.17) is 0 Å². The van der Waals surface area contributed by atoms with Crippen LogP contribution in [-0.2, 0) is 0 Å². The first-order chi connectivity index (χ1) is 5.65. The van der Waals surface area contributed by atoms with Gasteiger partial charge in [0.1, 0.15) is 0 Å². The molecule has 1 N–H and O–H groups in total. The number of hydrogen-bond acceptors (Lipinski definition) is 3. The molecule has 0 spiro atoms. The molecule has 0 bridgehead atoms. The summed E-state index contributed by atoms with van der Waals surface area (Å²) in [5.74, 6) is 0.730. The molecular weight excluding hydrogens is 154 g/mol. The van der Waals surface area contributed by atoms with Crippen LogP contribution in [0.4, 0.5) is 0 Å². The van der Waals surface area contributed by atoms with Crippen LogP contribution in [0.1, 0.15) is 33.1 Å². The summed E-state index contributed by atoms with van der Waals surface area (Å²) in [5.41, 5.74) is 0. The summed E-state index contributed by atoms with van der Waals surface area (Å²) >= 11 is 0. The normalized spacial score (nSPS) is 36.8. The van der Waals surface area contributed by atoms with Crippen molar-refractivity contribution in [2.24, 2.45) is 17.0 Å². The molecule has 0 amide bonds. The van der Waals surface area contributed by atoms with Crippen molar-refractivity contribution < 1.29 is 5.11 Å². The van der Waals surface area contributed by atoms with Gasteiger partial charge in [-0.1, -0.05) is 19.0 Å². The predicted octanol–water partition coefficient (Wildman–Crippen LogP) is 1.94. The minimum Gasteiger partial charge on any atom is -0.393 e. The molecule has 0 aromatic rings. The summed E-state index contributed by atoms with van der Waals surface area (Å²) < 4.78 is 0. The Morgan fingerprint density at radius 2 is 2.08 bits per heavy atom. The molecule has 0 aliphatic heterocycles. The molecule has 3 atom stereocenters. The molecule has 1 fully saturated rings. The van der Waals surface area contributed by atoms with Gasteiger partial charge in [0.05, 0.1) is 12.1 Å². The second kappa shape index (κ2) is 3.99. The summed E-state index contributed by atoms with van der Waals surface area (Å²) in [6.07, 6.45) is 2.02. The van der Waals surface area contributed by atoms with Gasteiger partial charge in [0.2, 0.25) is 0 Å². The van der Waals surface area contributed by atoms with Crippen LogP contribution in [-0.4, -0.2) is 17.3 Å². The summed E-state index contributed by atoms with van der Waals surface area (Å²) in [6.45, 7) is 4.17. The molecule has 1 rings (SSSR count). The Morgan fingerprint density at radius 3 is 2.58 bits per heavy atom. The zero-order chi connectivity index (χ0) is 9.14. The minimum absolute atomic E-state index is 0.0617. The Bertz CT molecular complexity index is 159. The molecule has 3 unspecified atom stereocenters. The topological polar surface area (TPSA) is 49.7 Å². The summed E-state index contributed by atoms with van der Waals surface area (Å²) in [4.78, 5) is 10.4. The Morgan fingerprint density at radius 1 is 1.42 bits per heavy atom. The minimum atomic E-state index is -0.213. The van der Waals surface area contributed by atoms with E-state index in [1.54, 1.807) is 0 Å². The second-order valence-corrected chi connectivity index (χ2v) is 4.05. The number of nitroso groups, excluding NO2 is 1. The van der Waals surface area contributed by atoms with Gasteiger partial charge in [-0.3, -0.25) is 0 Å². The number of aliphatic hydroxyl groups is 1. The predicted molar refractivity (Wildman–Crippen MR) is 47.8 cm³/mol. The third kappa shape index (κ3) is 2.03. The van der Waals surface area contributed by atoms with E-state index < -0.39 is 0 Å². The third-order valence-electron chi connectivity index (χ3n) is 2.83. The molecular formula is C9H17NO2. The molecule has 70 valence electrons. The van der Waals surface area contributed by atoms with Crippen LogP contribution >= 0.6 is 0 Å². The zero-order valence-corrected chi connectivity index (χ0v) is 7.73. The van der Waals surface area contributed by atoms with Crippen molar-refractivity contribution in [2.75, 3.05) is 0 Å². The SMILES string of the molecule is CC(C)C1CC(O)CCC1N=O. The van der Waals surface area contributed by atoms with Crippen LogP contribution < -0.4 is 0 Å². The largest absolute Gasteiger partial charge is 0.393 e. The molecule has 1 aliphatic rings. The highest BCUT2D eigenvalue weighted by molar-refractivity contribution is 4.85. The summed E-state index contributed by atoms with van der Waals surface area (Å²) in [7, 11) is 0. The summed E-state index contributed by atoms with van der Waals surface area (Å²) in [6, 6.07) is -0.0617. The summed E-state index contributed by atoms with van der Waals surface area (Å²) in [5, 5.41) is 12.5. The van der Waals surface area contributed by atoms with Crippen LogP contribution in [0.25, 0.3) is 0 Å². The standard InChI is InChI=1S/C9H17NO2/c1-6(2)8-5-7(11)3-4-9(8)10-12/h6-9,11H,3-5H2,1-2H3. The van der Waals surface area contributed by atoms with Crippen molar-refractivity contribution in [3.05, 3.63) is 4.91 Å². The monoisotopic (exact) mass is 171 g/mol. The van der Waals surface area contributed by atoms with E-state index >= 15 is 0 Å². The van der Waals surface area contributed by atoms with Crippen molar-refractivity contribution in [3.63, 3.8) is 0 Å². The number of nitrogens with zero attached hydrogens (tertiary/aromatic N) is 1. The first kappa shape index (κ1) is 9.65. The third-order valence-corrected chi connectivity index (χ3v) is 2.83. The van der Waals surface area contributed by atoms with Gasteiger partial charge in [-0.15, -0.1) is 0 Å². The first-order valence-electron chi connectivity index (χ1n) is 4.65. The lowest BCUT2D eigenvalue weighted by molar-refractivity contribution is 0.0739. The molecule has 3 heteroatoms. The van der Waals surface area contributed by atoms with E-state index in [1.807, 2.05) is 0 Å². The fraction of sp³-hybridized carbons (Fsp3) is 1.00. The van der Waals surface area contributed by atoms with Crippen molar-refractivity contribution in [1.82, 2.24) is 0 Å². The highest BCUT2D eigenvalue weighted by Gasteiger charge is 2.32. The molecule has 0 saturated heterocycles. The lowest BCUT2D eigenvalue weighted by Crippen LogP contribution is -2.33. The molecule has 3 nitrogen and oxygen atoms in total. The quantitative estimate of drug-likeness (QED) is 0.645. The molecule has 1 saturated carbocycles. The molecule has 0 aromatic heterocycles. The Labute approximate surface area is 73.1 Å². The fourth-order valence-electron chi connectivity index (χ4n) is 2.01. The lowest BCUT2D eigenvalue weighted by atomic mass is 9.77. The second-order valence-electron chi connectivity index (χ2n) is 4.05. The Hall–Kier alpha value is -0.440. The van der Waals surface area contributed by atoms with E-state index in [0.29, 0.717) is 5.92 Å². The maximum Gasteiger partial charge on any atom is 0.0952 e. The van der Waals surface area contributed by atoms with E-state index in [2.05, 4.69) is 19.0 Å². The van der Waals surface area contributed by atoms with Crippen molar-refractivity contribution >= 4 is 0 Å². The zero-order valence-electron chi connectivity index (χ0n) is 7.73. The maximum absolute atomic E-state index is 10.4. The fourth-order valence-corrected chi connectivity index (χ4v) is 2.01. The van der Waals surface area contributed by atoms with Gasteiger partial charge in [0, 0.05) is 0 Å². The van der Waals surface area contributed by atoms with E-state index in [9.17, 15) is 10.0 Å². The molecule has 0 aromatic carbocycles. The first-order valence-corrected chi connectivity index (χ1v) is 4.65. The number of rotatable bonds is 2. The van der Waals surface area contributed by atoms with Crippen LogP contribution in [0.2, 0.25) is 0 Å². The van der Waals surface area contributed by atoms with Gasteiger partial charge in [-0.05, 0) is 31.1 Å². The van der Waals surface area contributed by atoms with Gasteiger partial charge in [-0.25, -0.2) is 0 Å². The highest BCUT2D eigenvalue weighted by atomic mass is 16.3. The van der Waals surface area contributed by atoms with Gasteiger partial charge < -0.3 is 5.11 Å². The average molecular weight is 171 g/mol. The van der Waals surface area contributed by atoms with Gasteiger partial charge in [-0.2, -0.15) is 4.91 Å². The smallest absolute Gasteiger partial charge is 0.0952 e. The number of aliphatic hydroxyl groups excluding tert-OH is 1. The Kier molecular flexibility index (Phi) is 3.20. The number of hydrogen-bond donors (Lipinski definition) is 1. The highest BCUT2D eigenvalue weighted by Crippen LogP contribution is 2.32.